The van der Waals surface area contributed by atoms with Crippen molar-refractivity contribution in [2.75, 3.05) is 6.54 Å². The fraction of sp³-hybridized carbons (Fsp3) is 0.222. The average molecular weight is 323 g/mol. The second-order valence-corrected chi connectivity index (χ2v) is 5.31. The third-order valence-corrected chi connectivity index (χ3v) is 3.57. The third kappa shape index (κ3) is 3.96. The van der Waals surface area contributed by atoms with Gasteiger partial charge < -0.3 is 4.90 Å². The molecular formula is C18H17N3O3. The van der Waals surface area contributed by atoms with Gasteiger partial charge in [-0.2, -0.15) is 5.26 Å². The lowest BCUT2D eigenvalue weighted by molar-refractivity contribution is -0.385. The molecule has 6 nitrogen and oxygen atoms in total. The summed E-state index contributed by atoms with van der Waals surface area (Å²) in [4.78, 5) is 24.9. The molecule has 0 aliphatic carbocycles. The Hall–Kier alpha value is -3.20. The first-order valence-corrected chi connectivity index (χ1v) is 7.58. The summed E-state index contributed by atoms with van der Waals surface area (Å²) in [6.45, 7) is 2.77. The van der Waals surface area contributed by atoms with E-state index in [0.29, 0.717) is 18.7 Å². The lowest BCUT2D eigenvalue weighted by Crippen LogP contribution is -2.31. The van der Waals surface area contributed by atoms with Crippen LogP contribution in [0.1, 0.15) is 34.8 Å². The van der Waals surface area contributed by atoms with E-state index in [2.05, 4.69) is 0 Å². The summed E-state index contributed by atoms with van der Waals surface area (Å²) in [6, 6.07) is 15.0. The number of hydrogen-bond acceptors (Lipinski definition) is 4. The van der Waals surface area contributed by atoms with Gasteiger partial charge in [0.1, 0.15) is 5.56 Å². The van der Waals surface area contributed by atoms with Crippen molar-refractivity contribution in [1.29, 1.82) is 5.26 Å². The first-order chi connectivity index (χ1) is 11.6. The Bertz CT molecular complexity index is 779. The summed E-state index contributed by atoms with van der Waals surface area (Å²) >= 11 is 0. The number of nitrogens with zero attached hydrogens (tertiary/aromatic N) is 3. The van der Waals surface area contributed by atoms with E-state index in [1.54, 1.807) is 41.3 Å². The Kier molecular flexibility index (Phi) is 5.63. The number of amides is 1. The summed E-state index contributed by atoms with van der Waals surface area (Å²) in [5, 5.41) is 20.0. The molecule has 0 bridgehead atoms. The molecule has 0 N–H and O–H groups in total. The van der Waals surface area contributed by atoms with E-state index in [9.17, 15) is 14.9 Å². The zero-order valence-corrected chi connectivity index (χ0v) is 13.3. The predicted octanol–water partition coefficient (Wildman–Crippen LogP) is 3.52. The number of nitriles is 1. The van der Waals surface area contributed by atoms with Crippen LogP contribution in [0.5, 0.6) is 0 Å². The number of carbonyl (C=O) groups excluding carboxylic acids is 1. The highest BCUT2D eigenvalue weighted by molar-refractivity contribution is 5.98. The smallest absolute Gasteiger partial charge is 0.282 e. The molecule has 1 amide bonds. The first-order valence-electron chi connectivity index (χ1n) is 7.58. The standard InChI is InChI=1S/C18H17N3O3/c1-2-11-20(13-15-9-7-14(12-19)8-10-15)18(22)16-5-3-4-6-17(16)21(23)24/h3-10H,2,11,13H2,1H3. The largest absolute Gasteiger partial charge is 0.334 e. The number of rotatable bonds is 6. The van der Waals surface area contributed by atoms with Gasteiger partial charge in [0, 0.05) is 19.2 Å². The van der Waals surface area contributed by atoms with Crippen LogP contribution in [0.3, 0.4) is 0 Å². The molecule has 0 fully saturated rings. The highest BCUT2D eigenvalue weighted by Gasteiger charge is 2.23. The maximum Gasteiger partial charge on any atom is 0.282 e. The van der Waals surface area contributed by atoms with E-state index in [0.717, 1.165) is 12.0 Å². The van der Waals surface area contributed by atoms with E-state index >= 15 is 0 Å². The molecule has 122 valence electrons. The van der Waals surface area contributed by atoms with Gasteiger partial charge in [-0.05, 0) is 30.2 Å². The molecule has 0 saturated heterocycles. The Labute approximate surface area is 140 Å². The van der Waals surface area contributed by atoms with Crippen molar-refractivity contribution < 1.29 is 9.72 Å². The highest BCUT2D eigenvalue weighted by Crippen LogP contribution is 2.21. The molecular weight excluding hydrogens is 306 g/mol. The van der Waals surface area contributed by atoms with Crippen LogP contribution in [-0.2, 0) is 6.54 Å². The van der Waals surface area contributed by atoms with Crippen molar-refractivity contribution in [3.05, 3.63) is 75.3 Å². The molecule has 0 aliphatic heterocycles. The van der Waals surface area contributed by atoms with Crippen LogP contribution in [0, 0.1) is 21.4 Å². The SMILES string of the molecule is CCCN(Cc1ccc(C#N)cc1)C(=O)c1ccccc1[N+](=O)[O-]. The van der Waals surface area contributed by atoms with E-state index in [1.807, 2.05) is 13.0 Å². The van der Waals surface area contributed by atoms with Gasteiger partial charge in [-0.15, -0.1) is 0 Å². The Morgan fingerprint density at radius 3 is 2.46 bits per heavy atom. The zero-order valence-electron chi connectivity index (χ0n) is 13.3. The number of nitro groups is 1. The lowest BCUT2D eigenvalue weighted by Gasteiger charge is -2.22. The van der Waals surface area contributed by atoms with Crippen LogP contribution < -0.4 is 0 Å². The molecule has 0 heterocycles. The fourth-order valence-corrected chi connectivity index (χ4v) is 2.41. The van der Waals surface area contributed by atoms with Crippen molar-refractivity contribution in [3.63, 3.8) is 0 Å². The molecule has 0 aliphatic rings. The minimum Gasteiger partial charge on any atom is -0.334 e. The summed E-state index contributed by atoms with van der Waals surface area (Å²) < 4.78 is 0. The van der Waals surface area contributed by atoms with Gasteiger partial charge in [0.05, 0.1) is 16.6 Å². The van der Waals surface area contributed by atoms with Crippen LogP contribution in [-0.4, -0.2) is 22.3 Å². The Morgan fingerprint density at radius 1 is 1.21 bits per heavy atom. The Morgan fingerprint density at radius 2 is 1.88 bits per heavy atom. The summed E-state index contributed by atoms with van der Waals surface area (Å²) in [5.74, 6) is -0.367. The fourth-order valence-electron chi connectivity index (χ4n) is 2.41. The quantitative estimate of drug-likeness (QED) is 0.601. The number of hydrogen-bond donors (Lipinski definition) is 0. The summed E-state index contributed by atoms with van der Waals surface area (Å²) in [6.07, 6.45) is 0.739. The molecule has 0 aromatic heterocycles. The third-order valence-electron chi connectivity index (χ3n) is 3.57. The van der Waals surface area contributed by atoms with Gasteiger partial charge in [0.25, 0.3) is 11.6 Å². The van der Waals surface area contributed by atoms with Crippen LogP contribution in [0.2, 0.25) is 0 Å². The molecule has 0 spiro atoms. The minimum absolute atomic E-state index is 0.0876. The molecule has 2 aromatic carbocycles. The van der Waals surface area contributed by atoms with Crippen LogP contribution >= 0.6 is 0 Å². The lowest BCUT2D eigenvalue weighted by atomic mass is 10.1. The normalized spacial score (nSPS) is 10.0. The van der Waals surface area contributed by atoms with Crippen molar-refractivity contribution in [2.24, 2.45) is 0 Å². The number of para-hydroxylation sites is 1. The molecule has 2 rings (SSSR count). The molecule has 0 atom stereocenters. The molecule has 2 aromatic rings. The summed E-state index contributed by atoms with van der Waals surface area (Å²) in [5.41, 5.74) is 1.31. The number of carbonyl (C=O) groups is 1. The first kappa shape index (κ1) is 17.2. The maximum atomic E-state index is 12.8. The maximum absolute atomic E-state index is 12.8. The second-order valence-electron chi connectivity index (χ2n) is 5.31. The number of benzene rings is 2. The van der Waals surface area contributed by atoms with Crippen LogP contribution in [0.4, 0.5) is 5.69 Å². The van der Waals surface area contributed by atoms with E-state index in [1.165, 1.54) is 12.1 Å². The highest BCUT2D eigenvalue weighted by atomic mass is 16.6. The molecule has 0 radical (unpaired) electrons. The van der Waals surface area contributed by atoms with E-state index < -0.39 is 4.92 Å². The van der Waals surface area contributed by atoms with Crippen LogP contribution in [0.25, 0.3) is 0 Å². The van der Waals surface area contributed by atoms with Gasteiger partial charge in [-0.3, -0.25) is 14.9 Å². The van der Waals surface area contributed by atoms with Gasteiger partial charge in [-0.1, -0.05) is 31.2 Å². The van der Waals surface area contributed by atoms with E-state index in [-0.39, 0.29) is 17.2 Å². The second kappa shape index (κ2) is 7.88. The van der Waals surface area contributed by atoms with Gasteiger partial charge in [0.15, 0.2) is 0 Å². The molecule has 0 saturated carbocycles. The van der Waals surface area contributed by atoms with Crippen molar-refractivity contribution >= 4 is 11.6 Å². The van der Waals surface area contributed by atoms with Crippen LogP contribution in [0.15, 0.2) is 48.5 Å². The zero-order chi connectivity index (χ0) is 17.5. The number of nitro benzene ring substituents is 1. The van der Waals surface area contributed by atoms with Gasteiger partial charge in [0.2, 0.25) is 0 Å². The Balaban J connectivity index is 2.28. The van der Waals surface area contributed by atoms with Crippen molar-refractivity contribution in [3.8, 4) is 6.07 Å². The minimum atomic E-state index is -0.543. The molecule has 0 unspecified atom stereocenters. The topological polar surface area (TPSA) is 87.2 Å². The molecule has 6 heteroatoms. The predicted molar refractivity (Wildman–Crippen MR) is 89.3 cm³/mol. The van der Waals surface area contributed by atoms with Gasteiger partial charge >= 0.3 is 0 Å². The monoisotopic (exact) mass is 323 g/mol. The molecule has 24 heavy (non-hydrogen) atoms. The van der Waals surface area contributed by atoms with Gasteiger partial charge in [-0.25, -0.2) is 0 Å². The van der Waals surface area contributed by atoms with E-state index in [4.69, 9.17) is 5.26 Å². The van der Waals surface area contributed by atoms with Crippen molar-refractivity contribution in [2.45, 2.75) is 19.9 Å². The van der Waals surface area contributed by atoms with Crippen molar-refractivity contribution in [1.82, 2.24) is 4.90 Å². The average Bonchev–Trinajstić information content (AvgIpc) is 2.61. The summed E-state index contributed by atoms with van der Waals surface area (Å²) in [7, 11) is 0.